The topological polar surface area (TPSA) is 45.6 Å². The lowest BCUT2D eigenvalue weighted by atomic mass is 10.1. The second-order valence-corrected chi connectivity index (χ2v) is 8.97. The molecule has 1 saturated carbocycles. The van der Waals surface area contributed by atoms with Crippen LogP contribution in [-0.2, 0) is 18.4 Å². The number of halogens is 2. The molecule has 0 saturated heterocycles. The molecule has 0 unspecified atom stereocenters. The zero-order valence-electron chi connectivity index (χ0n) is 17.1. The first-order valence-corrected chi connectivity index (χ1v) is 10.6. The second kappa shape index (κ2) is 9.23. The van der Waals surface area contributed by atoms with E-state index in [1.807, 2.05) is 34.8 Å². The predicted molar refractivity (Wildman–Crippen MR) is 116 cm³/mol. The van der Waals surface area contributed by atoms with E-state index >= 15 is 0 Å². The fourth-order valence-electron chi connectivity index (χ4n) is 3.39. The maximum absolute atomic E-state index is 13.2. The maximum Gasteiger partial charge on any atom is 0.254 e. The minimum absolute atomic E-state index is 0.0479. The van der Waals surface area contributed by atoms with Crippen molar-refractivity contribution in [3.63, 3.8) is 0 Å². The number of rotatable bonds is 8. The van der Waals surface area contributed by atoms with Crippen molar-refractivity contribution in [3.05, 3.63) is 57.8 Å². The predicted octanol–water partition coefficient (Wildman–Crippen LogP) is 4.62. The summed E-state index contributed by atoms with van der Waals surface area (Å²) in [5.41, 5.74) is 1.48. The standard InChI is InChI=1S/C22H27Cl2N3O2/c1-15(2)12-26(13-20-5-4-8-25(20)3)21(28)14-27(19-6-7-19)22(29)16-9-17(23)11-18(24)10-16/h4-5,8-11,15,19H,6-7,12-14H2,1-3H3. The van der Waals surface area contributed by atoms with Crippen LogP contribution in [0.3, 0.4) is 0 Å². The van der Waals surface area contributed by atoms with Gasteiger partial charge in [-0.05, 0) is 49.1 Å². The molecule has 7 heteroatoms. The minimum atomic E-state index is -0.200. The normalized spacial score (nSPS) is 13.6. The zero-order chi connectivity index (χ0) is 21.1. The van der Waals surface area contributed by atoms with Crippen LogP contribution < -0.4 is 0 Å². The lowest BCUT2D eigenvalue weighted by molar-refractivity contribution is -0.133. The average Bonchev–Trinajstić information content (AvgIpc) is 3.40. The van der Waals surface area contributed by atoms with Crippen molar-refractivity contribution in [1.29, 1.82) is 0 Å². The Balaban J connectivity index is 1.77. The first-order valence-electron chi connectivity index (χ1n) is 9.89. The molecule has 5 nitrogen and oxygen atoms in total. The van der Waals surface area contributed by atoms with Crippen LogP contribution in [0.5, 0.6) is 0 Å². The van der Waals surface area contributed by atoms with Crippen LogP contribution in [0.4, 0.5) is 0 Å². The summed E-state index contributed by atoms with van der Waals surface area (Å²) < 4.78 is 2.01. The van der Waals surface area contributed by atoms with Gasteiger partial charge in [-0.25, -0.2) is 0 Å². The Bertz CT molecular complexity index is 870. The molecule has 1 aliphatic carbocycles. The number of benzene rings is 1. The Kier molecular flexibility index (Phi) is 6.91. The summed E-state index contributed by atoms with van der Waals surface area (Å²) in [6.45, 7) is 5.40. The molecule has 156 valence electrons. The molecule has 1 heterocycles. The van der Waals surface area contributed by atoms with Crippen LogP contribution >= 0.6 is 23.2 Å². The summed E-state index contributed by atoms with van der Waals surface area (Å²) in [7, 11) is 1.97. The van der Waals surface area contributed by atoms with E-state index in [0.29, 0.717) is 34.6 Å². The van der Waals surface area contributed by atoms with Gasteiger partial charge in [-0.1, -0.05) is 37.0 Å². The SMILES string of the molecule is CC(C)CN(Cc1cccn1C)C(=O)CN(C(=O)c1cc(Cl)cc(Cl)c1)C1CC1. The van der Waals surface area contributed by atoms with E-state index in [9.17, 15) is 9.59 Å². The van der Waals surface area contributed by atoms with Gasteiger partial charge in [-0.3, -0.25) is 9.59 Å². The van der Waals surface area contributed by atoms with Gasteiger partial charge < -0.3 is 14.4 Å². The van der Waals surface area contributed by atoms with Crippen LogP contribution in [0.2, 0.25) is 10.0 Å². The average molecular weight is 436 g/mol. The molecule has 0 aliphatic heterocycles. The first-order chi connectivity index (χ1) is 13.7. The highest BCUT2D eigenvalue weighted by molar-refractivity contribution is 6.35. The third-order valence-electron chi connectivity index (χ3n) is 5.01. The monoisotopic (exact) mass is 435 g/mol. The highest BCUT2D eigenvalue weighted by Crippen LogP contribution is 2.29. The van der Waals surface area contributed by atoms with E-state index in [2.05, 4.69) is 13.8 Å². The number of aromatic nitrogens is 1. The summed E-state index contributed by atoms with van der Waals surface area (Å²) in [6.07, 6.45) is 3.79. The molecule has 1 aliphatic rings. The zero-order valence-corrected chi connectivity index (χ0v) is 18.6. The van der Waals surface area contributed by atoms with Crippen molar-refractivity contribution in [1.82, 2.24) is 14.4 Å². The number of hydrogen-bond donors (Lipinski definition) is 0. The molecule has 0 bridgehead atoms. The van der Waals surface area contributed by atoms with Gasteiger partial charge in [0.1, 0.15) is 6.54 Å². The van der Waals surface area contributed by atoms with Gasteiger partial charge in [-0.2, -0.15) is 0 Å². The van der Waals surface area contributed by atoms with Gasteiger partial charge in [0.05, 0.1) is 6.54 Å². The number of carbonyl (C=O) groups excluding carboxylic acids is 2. The molecule has 1 aromatic carbocycles. The molecule has 1 fully saturated rings. The lowest BCUT2D eigenvalue weighted by Gasteiger charge is -2.29. The van der Waals surface area contributed by atoms with E-state index in [-0.39, 0.29) is 24.4 Å². The van der Waals surface area contributed by atoms with Crippen LogP contribution in [-0.4, -0.2) is 45.3 Å². The van der Waals surface area contributed by atoms with Crippen molar-refractivity contribution in [2.75, 3.05) is 13.1 Å². The summed E-state index contributed by atoms with van der Waals surface area (Å²) >= 11 is 12.1. The number of amides is 2. The van der Waals surface area contributed by atoms with Crippen LogP contribution in [0.25, 0.3) is 0 Å². The second-order valence-electron chi connectivity index (χ2n) is 8.10. The van der Waals surface area contributed by atoms with E-state index < -0.39 is 0 Å². The Morgan fingerprint density at radius 2 is 1.83 bits per heavy atom. The van der Waals surface area contributed by atoms with Crippen LogP contribution in [0.15, 0.2) is 36.5 Å². The summed E-state index contributed by atoms with van der Waals surface area (Å²) in [6, 6.07) is 8.88. The highest BCUT2D eigenvalue weighted by atomic mass is 35.5. The molecule has 0 atom stereocenters. The number of aryl methyl sites for hydroxylation is 1. The number of nitrogens with zero attached hydrogens (tertiary/aromatic N) is 3. The van der Waals surface area contributed by atoms with Gasteiger partial charge in [-0.15, -0.1) is 0 Å². The molecule has 0 N–H and O–H groups in total. The summed E-state index contributed by atoms with van der Waals surface area (Å²) in [5.74, 6) is 0.0814. The van der Waals surface area contributed by atoms with Gasteiger partial charge in [0, 0.05) is 47.1 Å². The van der Waals surface area contributed by atoms with Crippen molar-refractivity contribution in [3.8, 4) is 0 Å². The molecule has 1 aromatic heterocycles. The highest BCUT2D eigenvalue weighted by Gasteiger charge is 2.35. The molecular formula is C22H27Cl2N3O2. The van der Waals surface area contributed by atoms with Crippen molar-refractivity contribution in [2.45, 2.75) is 39.3 Å². The quantitative estimate of drug-likeness (QED) is 0.606. The third-order valence-corrected chi connectivity index (χ3v) is 5.44. The Morgan fingerprint density at radius 1 is 1.17 bits per heavy atom. The molecule has 2 amide bonds. The van der Waals surface area contributed by atoms with Crippen LogP contribution in [0.1, 0.15) is 42.7 Å². The van der Waals surface area contributed by atoms with Gasteiger partial charge >= 0.3 is 0 Å². The lowest BCUT2D eigenvalue weighted by Crippen LogP contribution is -2.45. The van der Waals surface area contributed by atoms with Crippen molar-refractivity contribution >= 4 is 35.0 Å². The van der Waals surface area contributed by atoms with Crippen molar-refractivity contribution in [2.24, 2.45) is 13.0 Å². The molecule has 0 spiro atoms. The Hall–Kier alpha value is -1.98. The van der Waals surface area contributed by atoms with Crippen molar-refractivity contribution < 1.29 is 9.59 Å². The number of carbonyl (C=O) groups is 2. The Morgan fingerprint density at radius 3 is 2.34 bits per heavy atom. The molecule has 29 heavy (non-hydrogen) atoms. The largest absolute Gasteiger partial charge is 0.353 e. The van der Waals surface area contributed by atoms with E-state index in [0.717, 1.165) is 18.5 Å². The first kappa shape index (κ1) is 21.7. The van der Waals surface area contributed by atoms with Gasteiger partial charge in [0.2, 0.25) is 5.91 Å². The summed E-state index contributed by atoms with van der Waals surface area (Å²) in [4.78, 5) is 29.8. The fraction of sp³-hybridized carbons (Fsp3) is 0.455. The molecule has 2 aromatic rings. The van der Waals surface area contributed by atoms with Gasteiger partial charge in [0.15, 0.2) is 0 Å². The van der Waals surface area contributed by atoms with E-state index in [1.54, 1.807) is 23.1 Å². The molecular weight excluding hydrogens is 409 g/mol. The maximum atomic E-state index is 13.2. The molecule has 0 radical (unpaired) electrons. The van der Waals surface area contributed by atoms with E-state index in [1.165, 1.54) is 0 Å². The minimum Gasteiger partial charge on any atom is -0.353 e. The van der Waals surface area contributed by atoms with E-state index in [4.69, 9.17) is 23.2 Å². The smallest absolute Gasteiger partial charge is 0.254 e. The third kappa shape index (κ3) is 5.77. The van der Waals surface area contributed by atoms with Crippen LogP contribution in [0, 0.1) is 5.92 Å². The summed E-state index contributed by atoms with van der Waals surface area (Å²) in [5, 5.41) is 0.820. The molecule has 3 rings (SSSR count). The fourth-order valence-corrected chi connectivity index (χ4v) is 3.92. The van der Waals surface area contributed by atoms with Gasteiger partial charge in [0.25, 0.3) is 5.91 Å². The number of hydrogen-bond acceptors (Lipinski definition) is 2. The Labute approximate surface area is 182 Å².